The van der Waals surface area contributed by atoms with Gasteiger partial charge in [-0.15, -0.1) is 11.3 Å². The van der Waals surface area contributed by atoms with Gasteiger partial charge in [-0.3, -0.25) is 0 Å². The molecule has 144 valence electrons. The van der Waals surface area contributed by atoms with E-state index in [0.717, 1.165) is 10.7 Å². The number of halogens is 6. The highest BCUT2D eigenvalue weighted by Gasteiger charge is 2.35. The van der Waals surface area contributed by atoms with Crippen LogP contribution in [-0.4, -0.2) is 19.7 Å². The molecule has 0 unspecified atom stereocenters. The Bertz CT molecular complexity index is 976. The average Bonchev–Trinajstić information content (AvgIpc) is 3.14. The van der Waals surface area contributed by atoms with Crippen LogP contribution in [0.5, 0.6) is 11.8 Å². The van der Waals surface area contributed by atoms with Crippen molar-refractivity contribution in [2.45, 2.75) is 19.3 Å². The van der Waals surface area contributed by atoms with E-state index in [1.807, 2.05) is 0 Å². The van der Waals surface area contributed by atoms with Gasteiger partial charge in [0.1, 0.15) is 4.88 Å². The van der Waals surface area contributed by atoms with E-state index >= 15 is 0 Å². The predicted molar refractivity (Wildman–Crippen MR) is 83.4 cm³/mol. The first kappa shape index (κ1) is 19.1. The van der Waals surface area contributed by atoms with Crippen LogP contribution >= 0.6 is 11.3 Å². The van der Waals surface area contributed by atoms with Crippen molar-refractivity contribution in [3.8, 4) is 22.5 Å². The maximum atomic E-state index is 12.7. The normalized spacial score (nSPS) is 12.4. The Morgan fingerprint density at radius 3 is 2.26 bits per heavy atom. The fourth-order valence-electron chi connectivity index (χ4n) is 2.10. The molecule has 0 atom stereocenters. The van der Waals surface area contributed by atoms with Crippen LogP contribution in [0, 0.1) is 6.92 Å². The third-order valence-corrected chi connectivity index (χ3v) is 4.40. The largest absolute Gasteiger partial charge is 0.435 e. The molecule has 0 spiro atoms. The van der Waals surface area contributed by atoms with E-state index in [9.17, 15) is 26.3 Å². The third kappa shape index (κ3) is 4.21. The minimum absolute atomic E-state index is 0.0243. The standard InChI is InChI=1S/C15H10F6N4OS/c1-7-5-11(26-12-6-9(14(16,17)18)24-25(12)2)23-13(22-7)8-3-4-10(27-8)15(19,20)21/h3-6H,1-2H3. The Labute approximate surface area is 152 Å². The van der Waals surface area contributed by atoms with Crippen LogP contribution in [0.3, 0.4) is 0 Å². The van der Waals surface area contributed by atoms with Gasteiger partial charge in [0.25, 0.3) is 0 Å². The second kappa shape index (κ2) is 6.51. The van der Waals surface area contributed by atoms with Crippen molar-refractivity contribution in [3.05, 3.63) is 40.5 Å². The van der Waals surface area contributed by atoms with Crippen LogP contribution in [0.15, 0.2) is 24.3 Å². The van der Waals surface area contributed by atoms with Crippen LogP contribution in [0.1, 0.15) is 16.3 Å². The summed E-state index contributed by atoms with van der Waals surface area (Å²) in [6, 6.07) is 4.17. The number of rotatable bonds is 3. The summed E-state index contributed by atoms with van der Waals surface area (Å²) in [5, 5.41) is 3.31. The molecule has 0 aliphatic heterocycles. The summed E-state index contributed by atoms with van der Waals surface area (Å²) < 4.78 is 82.6. The summed E-state index contributed by atoms with van der Waals surface area (Å²) in [5.74, 6) is -0.367. The van der Waals surface area contributed by atoms with E-state index < -0.39 is 22.9 Å². The maximum Gasteiger partial charge on any atom is 0.435 e. The Morgan fingerprint density at radius 1 is 1.00 bits per heavy atom. The molecule has 0 saturated heterocycles. The van der Waals surface area contributed by atoms with Crippen LogP contribution in [-0.2, 0) is 19.4 Å². The molecule has 0 aliphatic carbocycles. The van der Waals surface area contributed by atoms with Crippen molar-refractivity contribution >= 4 is 11.3 Å². The monoisotopic (exact) mass is 408 g/mol. The van der Waals surface area contributed by atoms with Gasteiger partial charge < -0.3 is 4.74 Å². The Hall–Kier alpha value is -2.63. The quantitative estimate of drug-likeness (QED) is 0.568. The molecule has 0 amide bonds. The predicted octanol–water partition coefficient (Wildman–Crippen LogP) is 5.08. The Balaban J connectivity index is 1.93. The third-order valence-electron chi connectivity index (χ3n) is 3.27. The molecule has 3 aromatic heterocycles. The first-order valence-electron chi connectivity index (χ1n) is 7.25. The summed E-state index contributed by atoms with van der Waals surface area (Å²) in [6.07, 6.45) is -9.13. The number of aryl methyl sites for hydroxylation is 2. The lowest BCUT2D eigenvalue weighted by Crippen LogP contribution is -2.06. The van der Waals surface area contributed by atoms with Gasteiger partial charge in [-0.2, -0.15) is 36.4 Å². The second-order valence-corrected chi connectivity index (χ2v) is 6.51. The first-order chi connectivity index (χ1) is 12.4. The van der Waals surface area contributed by atoms with Gasteiger partial charge in [-0.05, 0) is 19.1 Å². The zero-order chi connectivity index (χ0) is 20.0. The van der Waals surface area contributed by atoms with Crippen molar-refractivity contribution in [1.29, 1.82) is 0 Å². The molecule has 3 aromatic rings. The van der Waals surface area contributed by atoms with Gasteiger partial charge in [0.15, 0.2) is 11.5 Å². The van der Waals surface area contributed by atoms with Crippen molar-refractivity contribution in [2.75, 3.05) is 0 Å². The SMILES string of the molecule is Cc1cc(Oc2cc(C(F)(F)F)nn2C)nc(-c2ccc(C(F)(F)F)s2)n1. The smallest absolute Gasteiger partial charge is 0.421 e. The lowest BCUT2D eigenvalue weighted by molar-refractivity contribution is -0.141. The number of hydrogen-bond acceptors (Lipinski definition) is 5. The molecule has 0 aliphatic rings. The van der Waals surface area contributed by atoms with E-state index in [1.54, 1.807) is 6.92 Å². The van der Waals surface area contributed by atoms with Crippen LogP contribution in [0.25, 0.3) is 10.7 Å². The molecule has 3 heterocycles. The zero-order valence-corrected chi connectivity index (χ0v) is 14.5. The van der Waals surface area contributed by atoms with E-state index in [1.165, 1.54) is 19.2 Å². The molecule has 0 fully saturated rings. The molecule has 0 radical (unpaired) electrons. The molecular weight excluding hydrogens is 398 g/mol. The van der Waals surface area contributed by atoms with Gasteiger partial charge in [0.2, 0.25) is 11.8 Å². The van der Waals surface area contributed by atoms with Crippen molar-refractivity contribution in [3.63, 3.8) is 0 Å². The van der Waals surface area contributed by atoms with Crippen LogP contribution in [0.4, 0.5) is 26.3 Å². The fourth-order valence-corrected chi connectivity index (χ4v) is 2.91. The molecule has 0 aromatic carbocycles. The number of aromatic nitrogens is 4. The topological polar surface area (TPSA) is 52.8 Å². The Kier molecular flexibility index (Phi) is 4.62. The summed E-state index contributed by atoms with van der Waals surface area (Å²) >= 11 is 0.455. The lowest BCUT2D eigenvalue weighted by atomic mass is 10.3. The molecule has 12 heteroatoms. The first-order valence-corrected chi connectivity index (χ1v) is 8.07. The molecule has 0 bridgehead atoms. The van der Waals surface area contributed by atoms with Gasteiger partial charge >= 0.3 is 12.4 Å². The average molecular weight is 408 g/mol. The summed E-state index contributed by atoms with van der Waals surface area (Å²) in [5.41, 5.74) is -0.769. The number of thiophene rings is 1. The van der Waals surface area contributed by atoms with Crippen LogP contribution < -0.4 is 4.74 Å². The highest BCUT2D eigenvalue weighted by Crippen LogP contribution is 2.38. The minimum atomic E-state index is -4.64. The highest BCUT2D eigenvalue weighted by atomic mass is 32.1. The number of alkyl halides is 6. The summed E-state index contributed by atoms with van der Waals surface area (Å²) in [7, 11) is 1.26. The fraction of sp³-hybridized carbons (Fsp3) is 0.267. The van der Waals surface area contributed by atoms with E-state index in [2.05, 4.69) is 15.1 Å². The highest BCUT2D eigenvalue weighted by molar-refractivity contribution is 7.15. The van der Waals surface area contributed by atoms with Gasteiger partial charge in [0.05, 0.1) is 4.88 Å². The number of hydrogen-bond donors (Lipinski definition) is 0. The molecular formula is C15H10F6N4OS. The van der Waals surface area contributed by atoms with Crippen molar-refractivity contribution < 1.29 is 31.1 Å². The van der Waals surface area contributed by atoms with E-state index in [-0.39, 0.29) is 22.5 Å². The zero-order valence-electron chi connectivity index (χ0n) is 13.7. The minimum Gasteiger partial charge on any atom is -0.421 e. The Morgan fingerprint density at radius 2 is 1.70 bits per heavy atom. The lowest BCUT2D eigenvalue weighted by Gasteiger charge is -2.07. The van der Waals surface area contributed by atoms with Crippen molar-refractivity contribution in [2.24, 2.45) is 7.05 Å². The van der Waals surface area contributed by atoms with Gasteiger partial charge in [-0.1, -0.05) is 0 Å². The summed E-state index contributed by atoms with van der Waals surface area (Å²) in [4.78, 5) is 7.39. The molecule has 0 N–H and O–H groups in total. The van der Waals surface area contributed by atoms with E-state index in [4.69, 9.17) is 4.74 Å². The van der Waals surface area contributed by atoms with E-state index in [0.29, 0.717) is 23.1 Å². The number of ether oxygens (including phenoxy) is 1. The summed E-state index contributed by atoms with van der Waals surface area (Å²) in [6.45, 7) is 1.56. The van der Waals surface area contributed by atoms with Gasteiger partial charge in [0, 0.05) is 24.9 Å². The molecule has 0 saturated carbocycles. The van der Waals surface area contributed by atoms with Crippen molar-refractivity contribution in [1.82, 2.24) is 19.7 Å². The van der Waals surface area contributed by atoms with Crippen LogP contribution in [0.2, 0.25) is 0 Å². The maximum absolute atomic E-state index is 12.7. The second-order valence-electron chi connectivity index (χ2n) is 5.42. The molecule has 3 rings (SSSR count). The number of nitrogens with zero attached hydrogens (tertiary/aromatic N) is 4. The molecule has 5 nitrogen and oxygen atoms in total. The molecule has 27 heavy (non-hydrogen) atoms. The van der Waals surface area contributed by atoms with Gasteiger partial charge in [-0.25, -0.2) is 9.67 Å².